The van der Waals surface area contributed by atoms with Crippen LogP contribution in [0, 0.1) is 6.92 Å². The maximum Gasteiger partial charge on any atom is 0.227 e. The first-order chi connectivity index (χ1) is 12.8. The highest BCUT2D eigenvalue weighted by Crippen LogP contribution is 2.26. The lowest BCUT2D eigenvalue weighted by molar-refractivity contribution is -0.117. The van der Waals surface area contributed by atoms with Gasteiger partial charge in [0.25, 0.3) is 0 Å². The Morgan fingerprint density at radius 3 is 2.30 bits per heavy atom. The fourth-order valence-corrected chi connectivity index (χ4v) is 3.78. The molecular weight excluding hydrogens is 336 g/mol. The number of carbonyl (C=O) groups excluding carboxylic acids is 2. The van der Waals surface area contributed by atoms with Gasteiger partial charge in [0.05, 0.1) is 5.70 Å². The summed E-state index contributed by atoms with van der Waals surface area (Å²) >= 11 is 0. The normalized spacial score (nSPS) is 15.1. The molecule has 27 heavy (non-hydrogen) atoms. The van der Waals surface area contributed by atoms with Crippen LogP contribution in [-0.2, 0) is 9.59 Å². The molecule has 1 heterocycles. The molecule has 0 N–H and O–H groups in total. The van der Waals surface area contributed by atoms with Crippen molar-refractivity contribution in [1.29, 1.82) is 0 Å². The molecule has 1 aliphatic heterocycles. The number of rotatable bonds is 4. The van der Waals surface area contributed by atoms with Gasteiger partial charge in [0.1, 0.15) is 0 Å². The fraction of sp³-hybridized carbons (Fsp3) is 0.304. The maximum absolute atomic E-state index is 12.1. The van der Waals surface area contributed by atoms with Gasteiger partial charge in [-0.3, -0.25) is 9.59 Å². The minimum Gasteiger partial charge on any atom is -0.374 e. The molecule has 1 aliphatic rings. The minimum atomic E-state index is 0.0247. The predicted octanol–water partition coefficient (Wildman–Crippen LogP) is 2.46. The molecule has 1 amide bonds. The number of ketones is 1. The Labute approximate surface area is 160 Å². The zero-order valence-corrected chi connectivity index (χ0v) is 16.5. The molecule has 1 saturated heterocycles. The van der Waals surface area contributed by atoms with Crippen molar-refractivity contribution in [2.24, 2.45) is 0 Å². The van der Waals surface area contributed by atoms with Gasteiger partial charge in [-0.15, -0.1) is 0 Å². The third-order valence-electron chi connectivity index (χ3n) is 5.20. The van der Waals surface area contributed by atoms with Crippen molar-refractivity contribution in [1.82, 2.24) is 4.90 Å². The summed E-state index contributed by atoms with van der Waals surface area (Å²) in [4.78, 5) is 27.7. The average Bonchev–Trinajstić information content (AvgIpc) is 3.05. The van der Waals surface area contributed by atoms with E-state index in [1.54, 1.807) is 6.92 Å². The van der Waals surface area contributed by atoms with E-state index in [2.05, 4.69) is 6.58 Å². The zero-order valence-electron chi connectivity index (χ0n) is 16.5. The van der Waals surface area contributed by atoms with E-state index < -0.39 is 0 Å². The maximum atomic E-state index is 12.1. The van der Waals surface area contributed by atoms with E-state index in [0.717, 1.165) is 45.8 Å². The van der Waals surface area contributed by atoms with Crippen LogP contribution in [0.1, 0.15) is 25.3 Å². The highest BCUT2D eigenvalue weighted by molar-refractivity contribution is 6.12. The Morgan fingerprint density at radius 2 is 1.78 bits per heavy atom. The summed E-state index contributed by atoms with van der Waals surface area (Å²) in [6.07, 6.45) is 1.56. The smallest absolute Gasteiger partial charge is 0.227 e. The number of anilines is 1. The van der Waals surface area contributed by atoms with Crippen molar-refractivity contribution < 1.29 is 9.59 Å². The second-order valence-corrected chi connectivity index (χ2v) is 7.26. The zero-order chi connectivity index (χ0) is 19.7. The molecule has 4 heteroatoms. The van der Waals surface area contributed by atoms with E-state index in [1.807, 2.05) is 67.2 Å². The van der Waals surface area contributed by atoms with Gasteiger partial charge in [-0.25, -0.2) is 0 Å². The van der Waals surface area contributed by atoms with Gasteiger partial charge < -0.3 is 9.80 Å². The van der Waals surface area contributed by atoms with Crippen molar-refractivity contribution in [2.45, 2.75) is 26.7 Å². The molecule has 0 aliphatic carbocycles. The molecule has 0 atom stereocenters. The Morgan fingerprint density at radius 1 is 1.11 bits per heavy atom. The van der Waals surface area contributed by atoms with E-state index in [9.17, 15) is 9.59 Å². The molecule has 0 spiro atoms. The SMILES string of the molecule is C=c1c(C)c(-c2ccc(N3CCCC3=O)cc2)cc/c1=C(\C(C)=O)N(C)C. The Kier molecular flexibility index (Phi) is 5.17. The van der Waals surface area contributed by atoms with Crippen molar-refractivity contribution in [2.75, 3.05) is 25.5 Å². The predicted molar refractivity (Wildman–Crippen MR) is 111 cm³/mol. The summed E-state index contributed by atoms with van der Waals surface area (Å²) in [5, 5.41) is 1.73. The number of Topliss-reactive ketones (excluding diaryl/α,β-unsaturated/α-hetero) is 1. The van der Waals surface area contributed by atoms with Crippen molar-refractivity contribution >= 4 is 29.7 Å². The van der Waals surface area contributed by atoms with Gasteiger partial charge in [0.15, 0.2) is 5.78 Å². The van der Waals surface area contributed by atoms with Crippen LogP contribution in [0.25, 0.3) is 23.4 Å². The number of benzene rings is 2. The summed E-state index contributed by atoms with van der Waals surface area (Å²) in [6.45, 7) is 8.64. The van der Waals surface area contributed by atoms with Crippen LogP contribution in [0.4, 0.5) is 5.69 Å². The molecule has 0 radical (unpaired) electrons. The summed E-state index contributed by atoms with van der Waals surface area (Å²) in [7, 11) is 3.75. The van der Waals surface area contributed by atoms with Crippen molar-refractivity contribution in [3.05, 3.63) is 52.4 Å². The van der Waals surface area contributed by atoms with Gasteiger partial charge >= 0.3 is 0 Å². The first-order valence-electron chi connectivity index (χ1n) is 9.23. The van der Waals surface area contributed by atoms with Crippen LogP contribution < -0.4 is 15.3 Å². The van der Waals surface area contributed by atoms with Gasteiger partial charge in [-0.2, -0.15) is 0 Å². The van der Waals surface area contributed by atoms with Crippen LogP contribution in [0.2, 0.25) is 0 Å². The van der Waals surface area contributed by atoms with Crippen LogP contribution in [0.3, 0.4) is 0 Å². The van der Waals surface area contributed by atoms with Crippen LogP contribution in [-0.4, -0.2) is 37.2 Å². The largest absolute Gasteiger partial charge is 0.374 e. The van der Waals surface area contributed by atoms with Gasteiger partial charge in [-0.1, -0.05) is 30.8 Å². The van der Waals surface area contributed by atoms with E-state index in [1.165, 1.54) is 0 Å². The van der Waals surface area contributed by atoms with Crippen molar-refractivity contribution in [3.63, 3.8) is 0 Å². The highest BCUT2D eigenvalue weighted by atomic mass is 16.2. The second kappa shape index (κ2) is 7.39. The second-order valence-electron chi connectivity index (χ2n) is 7.26. The third-order valence-corrected chi connectivity index (χ3v) is 5.20. The lowest BCUT2D eigenvalue weighted by Gasteiger charge is -2.17. The van der Waals surface area contributed by atoms with Gasteiger partial charge in [0.2, 0.25) is 5.91 Å². The Balaban J connectivity index is 2.05. The van der Waals surface area contributed by atoms with Gasteiger partial charge in [-0.05, 0) is 47.4 Å². The van der Waals surface area contributed by atoms with Gasteiger partial charge in [0, 0.05) is 44.9 Å². The molecule has 2 aromatic carbocycles. The van der Waals surface area contributed by atoms with E-state index in [4.69, 9.17) is 0 Å². The van der Waals surface area contributed by atoms with E-state index >= 15 is 0 Å². The van der Waals surface area contributed by atoms with E-state index in [0.29, 0.717) is 12.1 Å². The summed E-state index contributed by atoms with van der Waals surface area (Å²) in [5.41, 5.74) is 4.83. The molecule has 4 nitrogen and oxygen atoms in total. The molecule has 0 saturated carbocycles. The minimum absolute atomic E-state index is 0.0247. The van der Waals surface area contributed by atoms with Crippen LogP contribution in [0.5, 0.6) is 0 Å². The van der Waals surface area contributed by atoms with Crippen LogP contribution in [0.15, 0.2) is 36.4 Å². The number of hydrogen-bond donors (Lipinski definition) is 0. The number of hydrogen-bond acceptors (Lipinski definition) is 3. The monoisotopic (exact) mass is 362 g/mol. The molecule has 0 unspecified atom stereocenters. The fourth-order valence-electron chi connectivity index (χ4n) is 3.78. The Hall–Kier alpha value is -2.88. The summed E-state index contributed by atoms with van der Waals surface area (Å²) in [6, 6.07) is 12.1. The molecule has 2 aromatic rings. The quantitative estimate of drug-likeness (QED) is 0.839. The average molecular weight is 362 g/mol. The molecule has 1 fully saturated rings. The molecule has 0 aromatic heterocycles. The lowest BCUT2D eigenvalue weighted by atomic mass is 9.97. The summed E-state index contributed by atoms with van der Waals surface area (Å²) in [5.74, 6) is 0.219. The molecule has 3 rings (SSSR count). The Bertz CT molecular complexity index is 1000. The number of carbonyl (C=O) groups is 2. The molecular formula is C23H26N2O2. The first kappa shape index (κ1) is 18.9. The number of nitrogens with zero attached hydrogens (tertiary/aromatic N) is 2. The van der Waals surface area contributed by atoms with Crippen molar-refractivity contribution in [3.8, 4) is 11.1 Å². The summed E-state index contributed by atoms with van der Waals surface area (Å²) < 4.78 is 0. The lowest BCUT2D eigenvalue weighted by Crippen LogP contribution is -2.35. The number of amides is 1. The highest BCUT2D eigenvalue weighted by Gasteiger charge is 2.21. The van der Waals surface area contributed by atoms with Crippen LogP contribution >= 0.6 is 0 Å². The van der Waals surface area contributed by atoms with E-state index in [-0.39, 0.29) is 11.7 Å². The first-order valence-corrected chi connectivity index (χ1v) is 9.23. The molecule has 140 valence electrons. The molecule has 0 bridgehead atoms. The topological polar surface area (TPSA) is 40.6 Å². The third kappa shape index (κ3) is 3.52. The number of likely N-dealkylation sites (N-methyl/N-ethyl adjacent to an activating group) is 1. The standard InChI is InChI=1S/C23H26N2O2/c1-15-16(2)21(23(17(3)26)24(4)5)13-12-20(15)18-8-10-19(11-9-18)25-14-6-7-22(25)27/h8-13H,2,6-7,14H2,1,3-5H3/b23-21-.